The van der Waals surface area contributed by atoms with Crippen molar-refractivity contribution in [1.82, 2.24) is 0 Å². The highest BCUT2D eigenvalue weighted by Crippen LogP contribution is 2.34. The number of alkyl halides is 3. The maximum absolute atomic E-state index is 12.9. The molecule has 0 fully saturated rings. The van der Waals surface area contributed by atoms with Crippen molar-refractivity contribution in [2.24, 2.45) is 5.73 Å². The van der Waals surface area contributed by atoms with Crippen LogP contribution in [0.1, 0.15) is 22.8 Å². The van der Waals surface area contributed by atoms with Gasteiger partial charge in [0.05, 0.1) is 5.56 Å². The maximum atomic E-state index is 12.9. The highest BCUT2D eigenvalue weighted by Gasteiger charge is 2.57. The molecule has 8 heteroatoms. The Kier molecular flexibility index (Phi) is 3.97. The Morgan fingerprint density at radius 2 is 1.85 bits per heavy atom. The smallest absolute Gasteiger partial charge is 0.422 e. The molecule has 0 aromatic heterocycles. The standard InChI is InChI=1S/C12H13F3N2O3/c1-6-3-4-7(9(16)18)8(5-6)17-11(2,10(19)20)12(13,14)15/h3-5,17H,1-2H3,(H2,16,18)(H,19,20). The van der Waals surface area contributed by atoms with E-state index in [9.17, 15) is 22.8 Å². The Morgan fingerprint density at radius 1 is 1.30 bits per heavy atom. The van der Waals surface area contributed by atoms with Crippen molar-refractivity contribution < 1.29 is 27.9 Å². The van der Waals surface area contributed by atoms with Gasteiger partial charge in [-0.05, 0) is 31.5 Å². The molecule has 5 nitrogen and oxygen atoms in total. The van der Waals surface area contributed by atoms with Gasteiger partial charge in [-0.15, -0.1) is 0 Å². The van der Waals surface area contributed by atoms with Crippen LogP contribution < -0.4 is 11.1 Å². The number of carbonyl (C=O) groups excluding carboxylic acids is 1. The first-order chi connectivity index (χ1) is 8.99. The first-order valence-corrected chi connectivity index (χ1v) is 5.48. The molecule has 0 saturated heterocycles. The average Bonchev–Trinajstić information content (AvgIpc) is 2.26. The number of rotatable bonds is 4. The van der Waals surface area contributed by atoms with E-state index in [0.717, 1.165) is 0 Å². The highest BCUT2D eigenvalue weighted by atomic mass is 19.4. The molecule has 0 heterocycles. The van der Waals surface area contributed by atoms with E-state index in [1.807, 2.05) is 5.32 Å². The number of primary amides is 1. The quantitative estimate of drug-likeness (QED) is 0.789. The van der Waals surface area contributed by atoms with E-state index in [4.69, 9.17) is 10.8 Å². The zero-order valence-corrected chi connectivity index (χ0v) is 10.7. The van der Waals surface area contributed by atoms with Crippen molar-refractivity contribution in [1.29, 1.82) is 0 Å². The summed E-state index contributed by atoms with van der Waals surface area (Å²) in [4.78, 5) is 22.1. The predicted molar refractivity (Wildman–Crippen MR) is 65.4 cm³/mol. The summed E-state index contributed by atoms with van der Waals surface area (Å²) in [5.74, 6) is -3.07. The van der Waals surface area contributed by atoms with Crippen molar-refractivity contribution in [2.75, 3.05) is 5.32 Å². The van der Waals surface area contributed by atoms with Crippen molar-refractivity contribution >= 4 is 17.6 Å². The number of nitrogens with two attached hydrogens (primary N) is 1. The molecule has 0 spiro atoms. The number of hydrogen-bond donors (Lipinski definition) is 3. The van der Waals surface area contributed by atoms with Gasteiger partial charge in [0, 0.05) is 5.69 Å². The molecule has 0 saturated carbocycles. The second kappa shape index (κ2) is 5.03. The first-order valence-electron chi connectivity index (χ1n) is 5.48. The number of aryl methyl sites for hydroxylation is 1. The minimum Gasteiger partial charge on any atom is -0.479 e. The lowest BCUT2D eigenvalue weighted by Gasteiger charge is -2.30. The lowest BCUT2D eigenvalue weighted by molar-refractivity contribution is -0.192. The van der Waals surface area contributed by atoms with E-state index in [0.29, 0.717) is 12.5 Å². The van der Waals surface area contributed by atoms with Gasteiger partial charge < -0.3 is 16.2 Å². The SMILES string of the molecule is Cc1ccc(C(N)=O)c(NC(C)(C(=O)O)C(F)(F)F)c1. The van der Waals surface area contributed by atoms with E-state index < -0.39 is 23.6 Å². The summed E-state index contributed by atoms with van der Waals surface area (Å²) in [5, 5.41) is 10.7. The molecular weight excluding hydrogens is 277 g/mol. The molecule has 0 aliphatic carbocycles. The summed E-state index contributed by atoms with van der Waals surface area (Å²) in [6, 6.07) is 3.95. The molecule has 4 N–H and O–H groups in total. The molecule has 1 rings (SSSR count). The normalized spacial score (nSPS) is 14.4. The third-order valence-corrected chi connectivity index (χ3v) is 2.82. The van der Waals surface area contributed by atoms with Crippen LogP contribution in [0.2, 0.25) is 0 Å². The van der Waals surface area contributed by atoms with Gasteiger partial charge in [0.1, 0.15) is 0 Å². The number of benzene rings is 1. The van der Waals surface area contributed by atoms with Crippen LogP contribution in [0.3, 0.4) is 0 Å². The van der Waals surface area contributed by atoms with Crippen LogP contribution in [-0.2, 0) is 4.79 Å². The summed E-state index contributed by atoms with van der Waals surface area (Å²) in [7, 11) is 0. The molecule has 0 aliphatic rings. The molecule has 1 aromatic rings. The van der Waals surface area contributed by atoms with Crippen LogP contribution >= 0.6 is 0 Å². The monoisotopic (exact) mass is 290 g/mol. The molecule has 1 amide bonds. The summed E-state index contributed by atoms with van der Waals surface area (Å²) in [5.41, 5.74) is 1.88. The molecule has 110 valence electrons. The number of halogens is 3. The molecule has 0 bridgehead atoms. The van der Waals surface area contributed by atoms with Gasteiger partial charge in [0.2, 0.25) is 5.54 Å². The van der Waals surface area contributed by atoms with Crippen molar-refractivity contribution in [3.05, 3.63) is 29.3 Å². The first kappa shape index (κ1) is 15.8. The third-order valence-electron chi connectivity index (χ3n) is 2.82. The number of hydrogen-bond acceptors (Lipinski definition) is 3. The lowest BCUT2D eigenvalue weighted by atomic mass is 9.99. The van der Waals surface area contributed by atoms with Crippen LogP contribution in [-0.4, -0.2) is 28.7 Å². The predicted octanol–water partition coefficient (Wildman–Crippen LogP) is 1.91. The summed E-state index contributed by atoms with van der Waals surface area (Å²) in [6.07, 6.45) is -5.06. The van der Waals surface area contributed by atoms with Gasteiger partial charge in [-0.1, -0.05) is 6.07 Å². The number of carbonyl (C=O) groups is 2. The zero-order chi connectivity index (χ0) is 15.7. The van der Waals surface area contributed by atoms with Crippen LogP contribution in [0.25, 0.3) is 0 Å². The van der Waals surface area contributed by atoms with Crippen LogP contribution in [0, 0.1) is 6.92 Å². The van der Waals surface area contributed by atoms with Crippen molar-refractivity contribution in [2.45, 2.75) is 25.6 Å². The van der Waals surface area contributed by atoms with Crippen LogP contribution in [0.15, 0.2) is 18.2 Å². The van der Waals surface area contributed by atoms with E-state index >= 15 is 0 Å². The van der Waals surface area contributed by atoms with E-state index in [1.165, 1.54) is 18.2 Å². The molecule has 0 radical (unpaired) electrons. The average molecular weight is 290 g/mol. The van der Waals surface area contributed by atoms with Crippen molar-refractivity contribution in [3.63, 3.8) is 0 Å². The molecule has 1 unspecified atom stereocenters. The third kappa shape index (κ3) is 2.84. The second-order valence-corrected chi connectivity index (χ2v) is 4.47. The van der Waals surface area contributed by atoms with Crippen LogP contribution in [0.4, 0.5) is 18.9 Å². The highest BCUT2D eigenvalue weighted by molar-refractivity contribution is 5.99. The fourth-order valence-electron chi connectivity index (χ4n) is 1.49. The van der Waals surface area contributed by atoms with Gasteiger partial charge in [-0.2, -0.15) is 13.2 Å². The van der Waals surface area contributed by atoms with E-state index in [1.54, 1.807) is 6.92 Å². The Bertz CT molecular complexity index is 557. The van der Waals surface area contributed by atoms with E-state index in [-0.39, 0.29) is 11.3 Å². The van der Waals surface area contributed by atoms with Gasteiger partial charge in [0.25, 0.3) is 5.91 Å². The summed E-state index contributed by atoms with van der Waals surface area (Å²) >= 11 is 0. The van der Waals surface area contributed by atoms with Gasteiger partial charge in [-0.3, -0.25) is 4.79 Å². The number of aliphatic carboxylic acids is 1. The second-order valence-electron chi connectivity index (χ2n) is 4.47. The fraction of sp³-hybridized carbons (Fsp3) is 0.333. The van der Waals surface area contributed by atoms with Crippen LogP contribution in [0.5, 0.6) is 0 Å². The molecule has 0 aliphatic heterocycles. The Labute approximate surface area is 112 Å². The number of carboxylic acids is 1. The van der Waals surface area contributed by atoms with E-state index in [2.05, 4.69) is 0 Å². The largest absolute Gasteiger partial charge is 0.479 e. The Balaban J connectivity index is 3.36. The number of amides is 1. The minimum absolute atomic E-state index is 0.215. The van der Waals surface area contributed by atoms with Gasteiger partial charge >= 0.3 is 12.1 Å². The molecular formula is C12H13F3N2O3. The van der Waals surface area contributed by atoms with Crippen molar-refractivity contribution in [3.8, 4) is 0 Å². The Morgan fingerprint density at radius 3 is 2.25 bits per heavy atom. The molecule has 20 heavy (non-hydrogen) atoms. The van der Waals surface area contributed by atoms with Gasteiger partial charge in [0.15, 0.2) is 0 Å². The number of carboxylic acid groups (broad SMARTS) is 1. The number of nitrogens with one attached hydrogen (secondary N) is 1. The lowest BCUT2D eigenvalue weighted by Crippen LogP contribution is -2.55. The minimum atomic E-state index is -5.06. The molecule has 1 aromatic carbocycles. The van der Waals surface area contributed by atoms with Gasteiger partial charge in [-0.25, -0.2) is 4.79 Å². The fourth-order valence-corrected chi connectivity index (χ4v) is 1.49. The Hall–Kier alpha value is -2.25. The number of anilines is 1. The zero-order valence-electron chi connectivity index (χ0n) is 10.7. The summed E-state index contributed by atoms with van der Waals surface area (Å²) < 4.78 is 38.7. The summed E-state index contributed by atoms with van der Waals surface area (Å²) in [6.45, 7) is 2.06. The molecule has 1 atom stereocenters. The maximum Gasteiger partial charge on any atom is 0.422 e. The topological polar surface area (TPSA) is 92.4 Å².